The van der Waals surface area contributed by atoms with Gasteiger partial charge < -0.3 is 15.4 Å². The van der Waals surface area contributed by atoms with Crippen LogP contribution in [0.1, 0.15) is 31.8 Å². The number of carbonyl (C=O) groups excluding carboxylic acids is 2. The van der Waals surface area contributed by atoms with Gasteiger partial charge in [0.1, 0.15) is 0 Å². The lowest BCUT2D eigenvalue weighted by molar-refractivity contribution is 0.0601. The smallest absolute Gasteiger partial charge is 0.339 e. The Bertz CT molecular complexity index is 1020. The molecular weight excluding hydrogens is 356 g/mol. The van der Waals surface area contributed by atoms with Crippen LogP contribution in [-0.4, -0.2) is 29.0 Å². The number of anilines is 3. The lowest BCUT2D eigenvalue weighted by Crippen LogP contribution is -2.14. The van der Waals surface area contributed by atoms with Crippen LogP contribution in [0.25, 0.3) is 0 Å². The third-order valence-corrected chi connectivity index (χ3v) is 4.13. The molecule has 0 bridgehead atoms. The summed E-state index contributed by atoms with van der Waals surface area (Å²) in [6.45, 7) is 3.89. The number of amides is 1. The average Bonchev–Trinajstić information content (AvgIpc) is 2.71. The number of carbonyl (C=O) groups is 2. The van der Waals surface area contributed by atoms with Crippen molar-refractivity contribution in [3.05, 3.63) is 77.1 Å². The number of aromatic nitrogens is 2. The fourth-order valence-electron chi connectivity index (χ4n) is 2.58. The summed E-state index contributed by atoms with van der Waals surface area (Å²) < 4.78 is 4.77. The van der Waals surface area contributed by atoms with Crippen molar-refractivity contribution in [3.63, 3.8) is 0 Å². The predicted octanol–water partition coefficient (Wildman–Crippen LogP) is 3.88. The zero-order valence-electron chi connectivity index (χ0n) is 15.8. The SMILES string of the molecule is COC(=O)c1ccccc1Nc1ncc(C(=O)Nc2cc(C)ccc2C)cn1. The van der Waals surface area contributed by atoms with Gasteiger partial charge in [0.05, 0.1) is 23.9 Å². The maximum Gasteiger partial charge on any atom is 0.339 e. The van der Waals surface area contributed by atoms with Gasteiger partial charge in [-0.1, -0.05) is 24.3 Å². The lowest BCUT2D eigenvalue weighted by atomic mass is 10.1. The van der Waals surface area contributed by atoms with E-state index in [0.717, 1.165) is 16.8 Å². The Morgan fingerprint density at radius 1 is 0.964 bits per heavy atom. The van der Waals surface area contributed by atoms with E-state index in [2.05, 4.69) is 20.6 Å². The highest BCUT2D eigenvalue weighted by Gasteiger charge is 2.13. The summed E-state index contributed by atoms with van der Waals surface area (Å²) in [5.74, 6) is -0.498. The van der Waals surface area contributed by atoms with Gasteiger partial charge in [-0.3, -0.25) is 4.79 Å². The number of para-hydroxylation sites is 1. The summed E-state index contributed by atoms with van der Waals surface area (Å²) in [4.78, 5) is 32.6. The number of esters is 1. The van der Waals surface area contributed by atoms with E-state index in [-0.39, 0.29) is 11.9 Å². The second kappa shape index (κ2) is 8.30. The summed E-state index contributed by atoms with van der Waals surface area (Å²) in [6, 6.07) is 12.7. The van der Waals surface area contributed by atoms with Crippen molar-refractivity contribution in [1.29, 1.82) is 0 Å². The molecule has 2 aromatic carbocycles. The molecule has 0 fully saturated rings. The summed E-state index contributed by atoms with van der Waals surface area (Å²) in [6.07, 6.45) is 2.85. The number of methoxy groups -OCH3 is 1. The number of rotatable bonds is 5. The Morgan fingerprint density at radius 3 is 2.39 bits per heavy atom. The van der Waals surface area contributed by atoms with Crippen molar-refractivity contribution >= 4 is 29.2 Å². The molecule has 0 atom stereocenters. The number of hydrogen-bond acceptors (Lipinski definition) is 6. The second-order valence-electron chi connectivity index (χ2n) is 6.23. The minimum atomic E-state index is -0.465. The first-order chi connectivity index (χ1) is 13.5. The third-order valence-electron chi connectivity index (χ3n) is 4.13. The average molecular weight is 376 g/mol. The van der Waals surface area contributed by atoms with E-state index >= 15 is 0 Å². The first-order valence-electron chi connectivity index (χ1n) is 8.63. The number of aryl methyl sites for hydroxylation is 2. The molecule has 142 valence electrons. The zero-order valence-corrected chi connectivity index (χ0v) is 15.8. The number of nitrogens with zero attached hydrogens (tertiary/aromatic N) is 2. The van der Waals surface area contributed by atoms with Crippen molar-refractivity contribution in [3.8, 4) is 0 Å². The van der Waals surface area contributed by atoms with Crippen LogP contribution in [-0.2, 0) is 4.74 Å². The summed E-state index contributed by atoms with van der Waals surface area (Å²) in [5.41, 5.74) is 3.98. The molecule has 3 rings (SSSR count). The van der Waals surface area contributed by atoms with Crippen LogP contribution in [0.5, 0.6) is 0 Å². The van der Waals surface area contributed by atoms with Crippen molar-refractivity contribution in [2.45, 2.75) is 13.8 Å². The molecule has 0 spiro atoms. The zero-order chi connectivity index (χ0) is 20.1. The van der Waals surface area contributed by atoms with E-state index in [1.165, 1.54) is 19.5 Å². The molecule has 2 N–H and O–H groups in total. The summed E-state index contributed by atoms with van der Waals surface area (Å²) in [7, 11) is 1.32. The second-order valence-corrected chi connectivity index (χ2v) is 6.23. The van der Waals surface area contributed by atoms with E-state index in [9.17, 15) is 9.59 Å². The van der Waals surface area contributed by atoms with Gasteiger partial charge in [0.2, 0.25) is 5.95 Å². The van der Waals surface area contributed by atoms with E-state index in [1.807, 2.05) is 32.0 Å². The molecule has 28 heavy (non-hydrogen) atoms. The minimum Gasteiger partial charge on any atom is -0.465 e. The van der Waals surface area contributed by atoms with Gasteiger partial charge in [-0.2, -0.15) is 0 Å². The molecule has 1 aromatic heterocycles. The normalized spacial score (nSPS) is 10.2. The highest BCUT2D eigenvalue weighted by molar-refractivity contribution is 6.04. The van der Waals surface area contributed by atoms with E-state index in [0.29, 0.717) is 16.8 Å². The van der Waals surface area contributed by atoms with Crippen molar-refractivity contribution in [2.75, 3.05) is 17.7 Å². The monoisotopic (exact) mass is 376 g/mol. The molecule has 0 aliphatic carbocycles. The number of hydrogen-bond donors (Lipinski definition) is 2. The van der Waals surface area contributed by atoms with Gasteiger partial charge in [0.15, 0.2) is 0 Å². The largest absolute Gasteiger partial charge is 0.465 e. The number of benzene rings is 2. The Kier molecular flexibility index (Phi) is 5.64. The van der Waals surface area contributed by atoms with Crippen LogP contribution >= 0.6 is 0 Å². The maximum atomic E-state index is 12.5. The van der Waals surface area contributed by atoms with Crippen LogP contribution < -0.4 is 10.6 Å². The van der Waals surface area contributed by atoms with Gasteiger partial charge in [-0.15, -0.1) is 0 Å². The quantitative estimate of drug-likeness (QED) is 0.657. The fraction of sp³-hybridized carbons (Fsp3) is 0.143. The van der Waals surface area contributed by atoms with Crippen LogP contribution in [0, 0.1) is 13.8 Å². The Hall–Kier alpha value is -3.74. The van der Waals surface area contributed by atoms with Crippen molar-refractivity contribution in [2.24, 2.45) is 0 Å². The molecule has 1 heterocycles. The van der Waals surface area contributed by atoms with Crippen LogP contribution in [0.4, 0.5) is 17.3 Å². The highest BCUT2D eigenvalue weighted by Crippen LogP contribution is 2.20. The Balaban J connectivity index is 1.74. The molecule has 0 radical (unpaired) electrons. The molecule has 3 aromatic rings. The van der Waals surface area contributed by atoms with Crippen molar-refractivity contribution in [1.82, 2.24) is 9.97 Å². The molecule has 7 nitrogen and oxygen atoms in total. The number of ether oxygens (including phenoxy) is 1. The molecule has 0 aliphatic rings. The molecule has 1 amide bonds. The fourth-order valence-corrected chi connectivity index (χ4v) is 2.58. The number of nitrogens with one attached hydrogen (secondary N) is 2. The summed E-state index contributed by atoms with van der Waals surface area (Å²) in [5, 5.41) is 5.83. The molecule has 0 aliphatic heterocycles. The molecule has 0 unspecified atom stereocenters. The maximum absolute atomic E-state index is 12.5. The summed E-state index contributed by atoms with van der Waals surface area (Å²) >= 11 is 0. The molecule has 7 heteroatoms. The standard InChI is InChI=1S/C21H20N4O3/c1-13-8-9-14(2)18(10-13)24-19(26)15-11-22-21(23-12-15)25-17-7-5-4-6-16(17)20(27)28-3/h4-12H,1-3H3,(H,24,26)(H,22,23,25). The Labute approximate surface area is 162 Å². The van der Waals surface area contributed by atoms with Gasteiger partial charge in [-0.25, -0.2) is 14.8 Å². The molecule has 0 saturated carbocycles. The van der Waals surface area contributed by atoms with Gasteiger partial charge in [0.25, 0.3) is 5.91 Å². The van der Waals surface area contributed by atoms with Gasteiger partial charge in [-0.05, 0) is 43.2 Å². The van der Waals surface area contributed by atoms with Gasteiger partial charge in [0, 0.05) is 18.1 Å². The van der Waals surface area contributed by atoms with Gasteiger partial charge >= 0.3 is 5.97 Å². The van der Waals surface area contributed by atoms with Crippen LogP contribution in [0.15, 0.2) is 54.9 Å². The molecular formula is C21H20N4O3. The van der Waals surface area contributed by atoms with Crippen LogP contribution in [0.3, 0.4) is 0 Å². The Morgan fingerprint density at radius 2 is 1.68 bits per heavy atom. The minimum absolute atomic E-state index is 0.264. The van der Waals surface area contributed by atoms with E-state index < -0.39 is 5.97 Å². The third kappa shape index (κ3) is 4.32. The highest BCUT2D eigenvalue weighted by atomic mass is 16.5. The van der Waals surface area contributed by atoms with E-state index in [1.54, 1.807) is 24.3 Å². The van der Waals surface area contributed by atoms with E-state index in [4.69, 9.17) is 4.74 Å². The lowest BCUT2D eigenvalue weighted by Gasteiger charge is -2.11. The van der Waals surface area contributed by atoms with Crippen molar-refractivity contribution < 1.29 is 14.3 Å². The first kappa shape index (κ1) is 19.0. The van der Waals surface area contributed by atoms with Crippen LogP contribution in [0.2, 0.25) is 0 Å². The predicted molar refractivity (Wildman–Crippen MR) is 107 cm³/mol. The first-order valence-corrected chi connectivity index (χ1v) is 8.63. The topological polar surface area (TPSA) is 93.2 Å². The molecule has 0 saturated heterocycles.